The molecule has 3 heteroatoms. The van der Waals surface area contributed by atoms with Crippen molar-refractivity contribution in [1.82, 2.24) is 4.90 Å². The molecule has 2 fully saturated rings. The Morgan fingerprint density at radius 2 is 1.74 bits per heavy atom. The Labute approximate surface area is 140 Å². The van der Waals surface area contributed by atoms with Gasteiger partial charge in [0.05, 0.1) is 0 Å². The molecule has 0 N–H and O–H groups in total. The number of likely N-dealkylation sites (tertiary alicyclic amines) is 1. The van der Waals surface area contributed by atoms with E-state index in [2.05, 4.69) is 36.1 Å². The number of nitrogens with zero attached hydrogens (tertiary/aromatic N) is 1. The first-order valence-electron chi connectivity index (χ1n) is 9.14. The predicted molar refractivity (Wildman–Crippen MR) is 92.3 cm³/mol. The summed E-state index contributed by atoms with van der Waals surface area (Å²) in [5, 5.41) is 0. The topological polar surface area (TPSA) is 29.5 Å². The minimum Gasteiger partial charge on any atom is -0.381 e. The summed E-state index contributed by atoms with van der Waals surface area (Å²) >= 11 is 0. The molecule has 3 nitrogen and oxygen atoms in total. The van der Waals surface area contributed by atoms with Crippen LogP contribution in [0.2, 0.25) is 0 Å². The van der Waals surface area contributed by atoms with E-state index in [-0.39, 0.29) is 5.92 Å². The lowest BCUT2D eigenvalue weighted by molar-refractivity contribution is -0.140. The minimum atomic E-state index is 0.216. The van der Waals surface area contributed by atoms with Crippen molar-refractivity contribution in [3.8, 4) is 0 Å². The van der Waals surface area contributed by atoms with E-state index in [0.29, 0.717) is 5.91 Å². The number of rotatable bonds is 4. The maximum absolute atomic E-state index is 12.5. The molecule has 3 rings (SSSR count). The number of aryl methyl sites for hydroxylation is 2. The number of benzene rings is 1. The third-order valence-electron chi connectivity index (χ3n) is 5.46. The first-order chi connectivity index (χ1) is 11.2. The van der Waals surface area contributed by atoms with Gasteiger partial charge in [-0.1, -0.05) is 29.8 Å². The zero-order chi connectivity index (χ0) is 16.1. The van der Waals surface area contributed by atoms with Crippen LogP contribution in [0, 0.1) is 18.8 Å². The van der Waals surface area contributed by atoms with Gasteiger partial charge in [0, 0.05) is 32.2 Å². The first kappa shape index (κ1) is 16.5. The van der Waals surface area contributed by atoms with Crippen LogP contribution >= 0.6 is 0 Å². The average molecular weight is 315 g/mol. The number of ether oxygens (including phenoxy) is 1. The molecule has 2 saturated heterocycles. The van der Waals surface area contributed by atoms with E-state index in [0.717, 1.165) is 45.1 Å². The molecule has 0 spiro atoms. The summed E-state index contributed by atoms with van der Waals surface area (Å²) in [6.07, 6.45) is 6.57. The average Bonchev–Trinajstić information content (AvgIpc) is 2.62. The second-order valence-electron chi connectivity index (χ2n) is 7.18. The van der Waals surface area contributed by atoms with Gasteiger partial charge in [-0.05, 0) is 56.9 Å². The first-order valence-corrected chi connectivity index (χ1v) is 9.14. The monoisotopic (exact) mass is 315 g/mol. The standard InChI is InChI=1S/C20H29NO2/c1-16-2-4-17(5-3-16)6-7-18-8-12-21(13-9-18)20(22)19-10-14-23-15-11-19/h2-5,18-19H,6-15H2,1H3. The maximum atomic E-state index is 12.5. The summed E-state index contributed by atoms with van der Waals surface area (Å²) in [7, 11) is 0. The molecule has 0 radical (unpaired) electrons. The van der Waals surface area contributed by atoms with Crippen molar-refractivity contribution in [2.75, 3.05) is 26.3 Å². The molecular formula is C20H29NO2. The van der Waals surface area contributed by atoms with E-state index in [1.54, 1.807) is 0 Å². The predicted octanol–water partition coefficient (Wildman–Crippen LogP) is 3.59. The van der Waals surface area contributed by atoms with Crippen molar-refractivity contribution in [3.63, 3.8) is 0 Å². The minimum absolute atomic E-state index is 0.216. The molecule has 23 heavy (non-hydrogen) atoms. The van der Waals surface area contributed by atoms with Crippen molar-refractivity contribution in [1.29, 1.82) is 0 Å². The molecule has 1 aromatic rings. The number of carbonyl (C=O) groups excluding carboxylic acids is 1. The second-order valence-corrected chi connectivity index (χ2v) is 7.18. The Morgan fingerprint density at radius 1 is 1.09 bits per heavy atom. The lowest BCUT2D eigenvalue weighted by atomic mass is 9.89. The number of hydrogen-bond donors (Lipinski definition) is 0. The molecule has 1 amide bonds. The van der Waals surface area contributed by atoms with Crippen LogP contribution in [-0.4, -0.2) is 37.1 Å². The SMILES string of the molecule is Cc1ccc(CCC2CCN(C(=O)C3CCOCC3)CC2)cc1. The van der Waals surface area contributed by atoms with Gasteiger partial charge in [0.15, 0.2) is 0 Å². The van der Waals surface area contributed by atoms with Gasteiger partial charge in [-0.2, -0.15) is 0 Å². The van der Waals surface area contributed by atoms with Crippen LogP contribution in [0.3, 0.4) is 0 Å². The zero-order valence-electron chi connectivity index (χ0n) is 14.3. The fourth-order valence-electron chi connectivity index (χ4n) is 3.77. The van der Waals surface area contributed by atoms with Gasteiger partial charge in [0.1, 0.15) is 0 Å². The van der Waals surface area contributed by atoms with Gasteiger partial charge in [0.2, 0.25) is 5.91 Å². The van der Waals surface area contributed by atoms with Gasteiger partial charge < -0.3 is 9.64 Å². The molecular weight excluding hydrogens is 286 g/mol. The lowest BCUT2D eigenvalue weighted by Crippen LogP contribution is -2.43. The van der Waals surface area contributed by atoms with Crippen LogP contribution < -0.4 is 0 Å². The van der Waals surface area contributed by atoms with Gasteiger partial charge in [-0.15, -0.1) is 0 Å². The van der Waals surface area contributed by atoms with E-state index >= 15 is 0 Å². The molecule has 0 bridgehead atoms. The molecule has 0 atom stereocenters. The van der Waals surface area contributed by atoms with E-state index < -0.39 is 0 Å². The van der Waals surface area contributed by atoms with Crippen molar-refractivity contribution < 1.29 is 9.53 Å². The normalized spacial score (nSPS) is 20.7. The summed E-state index contributed by atoms with van der Waals surface area (Å²) in [5.41, 5.74) is 2.77. The highest BCUT2D eigenvalue weighted by Gasteiger charge is 2.29. The van der Waals surface area contributed by atoms with Crippen LogP contribution in [0.15, 0.2) is 24.3 Å². The highest BCUT2D eigenvalue weighted by molar-refractivity contribution is 5.79. The van der Waals surface area contributed by atoms with Crippen LogP contribution in [-0.2, 0) is 16.0 Å². The van der Waals surface area contributed by atoms with Gasteiger partial charge in [0.25, 0.3) is 0 Å². The Balaban J connectivity index is 1.41. The molecule has 2 aliphatic rings. The summed E-state index contributed by atoms with van der Waals surface area (Å²) in [4.78, 5) is 14.7. The Kier molecular flexibility index (Phi) is 5.71. The lowest BCUT2D eigenvalue weighted by Gasteiger charge is -2.35. The molecule has 0 unspecified atom stereocenters. The Hall–Kier alpha value is -1.35. The molecule has 0 aliphatic carbocycles. The van der Waals surface area contributed by atoms with E-state index in [1.807, 2.05) is 0 Å². The number of hydrogen-bond acceptors (Lipinski definition) is 2. The molecule has 2 heterocycles. The number of carbonyl (C=O) groups is 1. The smallest absolute Gasteiger partial charge is 0.225 e. The molecule has 2 aliphatic heterocycles. The maximum Gasteiger partial charge on any atom is 0.225 e. The third-order valence-corrected chi connectivity index (χ3v) is 5.46. The van der Waals surface area contributed by atoms with Crippen molar-refractivity contribution in [2.45, 2.75) is 45.4 Å². The second kappa shape index (κ2) is 7.96. The number of piperidine rings is 1. The third kappa shape index (κ3) is 4.57. The molecule has 0 saturated carbocycles. The molecule has 1 aromatic carbocycles. The quantitative estimate of drug-likeness (QED) is 0.850. The van der Waals surface area contributed by atoms with Crippen molar-refractivity contribution in [2.24, 2.45) is 11.8 Å². The van der Waals surface area contributed by atoms with E-state index in [1.165, 1.54) is 36.8 Å². The van der Waals surface area contributed by atoms with E-state index in [4.69, 9.17) is 4.74 Å². The summed E-state index contributed by atoms with van der Waals surface area (Å²) in [6.45, 7) is 5.55. The largest absolute Gasteiger partial charge is 0.381 e. The number of amides is 1. The summed E-state index contributed by atoms with van der Waals surface area (Å²) in [6, 6.07) is 8.90. The molecule has 126 valence electrons. The van der Waals surface area contributed by atoms with Gasteiger partial charge in [-0.25, -0.2) is 0 Å². The van der Waals surface area contributed by atoms with Crippen LogP contribution in [0.5, 0.6) is 0 Å². The van der Waals surface area contributed by atoms with E-state index in [9.17, 15) is 4.79 Å². The highest BCUT2D eigenvalue weighted by atomic mass is 16.5. The van der Waals surface area contributed by atoms with Gasteiger partial charge in [-0.3, -0.25) is 4.79 Å². The van der Waals surface area contributed by atoms with Crippen LogP contribution in [0.1, 0.15) is 43.2 Å². The molecule has 0 aromatic heterocycles. The fourth-order valence-corrected chi connectivity index (χ4v) is 3.77. The fraction of sp³-hybridized carbons (Fsp3) is 0.650. The van der Waals surface area contributed by atoms with Crippen molar-refractivity contribution >= 4 is 5.91 Å². The summed E-state index contributed by atoms with van der Waals surface area (Å²) < 4.78 is 5.36. The highest BCUT2D eigenvalue weighted by Crippen LogP contribution is 2.25. The Bertz CT molecular complexity index is 497. The van der Waals surface area contributed by atoms with Crippen LogP contribution in [0.25, 0.3) is 0 Å². The van der Waals surface area contributed by atoms with Crippen molar-refractivity contribution in [3.05, 3.63) is 35.4 Å². The van der Waals surface area contributed by atoms with Gasteiger partial charge >= 0.3 is 0 Å². The zero-order valence-corrected chi connectivity index (χ0v) is 14.3. The summed E-state index contributed by atoms with van der Waals surface area (Å²) in [5.74, 6) is 1.37. The van der Waals surface area contributed by atoms with Crippen LogP contribution in [0.4, 0.5) is 0 Å². The Morgan fingerprint density at radius 3 is 2.39 bits per heavy atom.